The molecule has 0 amide bonds. The lowest BCUT2D eigenvalue weighted by Gasteiger charge is -2.28. The number of ether oxygens (including phenoxy) is 2. The van der Waals surface area contributed by atoms with Gasteiger partial charge in [0.15, 0.2) is 5.16 Å². The van der Waals surface area contributed by atoms with Crippen LogP contribution in [0.3, 0.4) is 0 Å². The molecule has 1 fully saturated rings. The highest BCUT2D eigenvalue weighted by atomic mass is 32.2. The van der Waals surface area contributed by atoms with Gasteiger partial charge in [-0.15, -0.1) is 20.4 Å². The molecule has 0 unspecified atom stereocenters. The van der Waals surface area contributed by atoms with Crippen LogP contribution in [0.4, 0.5) is 5.95 Å². The third kappa shape index (κ3) is 5.01. The quantitative estimate of drug-likeness (QED) is 0.482. The Morgan fingerprint density at radius 2 is 1.77 bits per heavy atom. The highest BCUT2D eigenvalue weighted by Gasteiger charge is 2.24. The van der Waals surface area contributed by atoms with Crippen molar-refractivity contribution in [3.05, 3.63) is 30.2 Å². The van der Waals surface area contributed by atoms with Crippen LogP contribution in [0.1, 0.15) is 31.9 Å². The summed E-state index contributed by atoms with van der Waals surface area (Å²) < 4.78 is 18.8. The highest BCUT2D eigenvalue weighted by Crippen LogP contribution is 2.36. The van der Waals surface area contributed by atoms with E-state index in [1.165, 1.54) is 0 Å². The molecule has 166 valence electrons. The van der Waals surface area contributed by atoms with Gasteiger partial charge in [-0.05, 0) is 37.1 Å². The number of hydrogen-bond acceptors (Lipinski definition) is 9. The maximum atomic E-state index is 5.95. The van der Waals surface area contributed by atoms with E-state index in [1.807, 2.05) is 31.2 Å². The predicted octanol–water partition coefficient (Wildman–Crippen LogP) is 3.68. The van der Waals surface area contributed by atoms with Gasteiger partial charge in [0, 0.05) is 25.2 Å². The van der Waals surface area contributed by atoms with E-state index in [2.05, 4.69) is 43.7 Å². The standard InChI is InChI=1S/C21H28N6O3S/c1-14(2)13-27-20(26-9-11-29-12-10-26)24-25-21(27)31-15(3)18-22-23-19(30-18)16-5-7-17(28-4)8-6-16/h5-8,14-15H,9-13H2,1-4H3/t15-/m0/s1. The molecule has 1 aromatic carbocycles. The van der Waals surface area contributed by atoms with Crippen molar-refractivity contribution in [2.75, 3.05) is 38.3 Å². The number of morpholine rings is 1. The Morgan fingerprint density at radius 3 is 2.45 bits per heavy atom. The van der Waals surface area contributed by atoms with E-state index >= 15 is 0 Å². The van der Waals surface area contributed by atoms with Gasteiger partial charge in [0.2, 0.25) is 17.7 Å². The average Bonchev–Trinajstić information content (AvgIpc) is 3.42. The van der Waals surface area contributed by atoms with Crippen molar-refractivity contribution in [3.8, 4) is 17.2 Å². The zero-order valence-corrected chi connectivity index (χ0v) is 19.1. The number of rotatable bonds is 8. The van der Waals surface area contributed by atoms with Crippen molar-refractivity contribution in [3.63, 3.8) is 0 Å². The summed E-state index contributed by atoms with van der Waals surface area (Å²) in [5.41, 5.74) is 0.856. The van der Waals surface area contributed by atoms with E-state index in [-0.39, 0.29) is 5.25 Å². The summed E-state index contributed by atoms with van der Waals surface area (Å²) in [5, 5.41) is 18.3. The second-order valence-corrected chi connectivity index (χ2v) is 9.13. The largest absolute Gasteiger partial charge is 0.497 e. The van der Waals surface area contributed by atoms with Crippen LogP contribution in [-0.2, 0) is 11.3 Å². The molecule has 0 aliphatic carbocycles. The fraction of sp³-hybridized carbons (Fsp3) is 0.524. The van der Waals surface area contributed by atoms with Crippen molar-refractivity contribution in [2.45, 2.75) is 37.7 Å². The second-order valence-electron chi connectivity index (χ2n) is 7.82. The molecule has 0 bridgehead atoms. The molecule has 1 atom stereocenters. The molecule has 10 heteroatoms. The zero-order chi connectivity index (χ0) is 21.8. The lowest BCUT2D eigenvalue weighted by atomic mass is 10.2. The number of benzene rings is 1. The summed E-state index contributed by atoms with van der Waals surface area (Å²) in [4.78, 5) is 2.24. The molecule has 1 saturated heterocycles. The Balaban J connectivity index is 1.52. The molecule has 4 rings (SSSR count). The molecule has 0 radical (unpaired) electrons. The molecule has 3 aromatic rings. The van der Waals surface area contributed by atoms with E-state index in [1.54, 1.807) is 18.9 Å². The van der Waals surface area contributed by atoms with E-state index in [0.29, 0.717) is 30.9 Å². The Hall–Kier alpha value is -2.59. The Kier molecular flexibility index (Phi) is 6.77. The third-order valence-electron chi connectivity index (χ3n) is 4.95. The molecular weight excluding hydrogens is 416 g/mol. The topological polar surface area (TPSA) is 91.3 Å². The molecule has 1 aliphatic heterocycles. The molecule has 0 spiro atoms. The van der Waals surface area contributed by atoms with Gasteiger partial charge in [0.05, 0.1) is 25.6 Å². The van der Waals surface area contributed by atoms with E-state index in [0.717, 1.165) is 42.1 Å². The molecule has 0 N–H and O–H groups in total. The number of thioether (sulfide) groups is 1. The molecule has 3 heterocycles. The highest BCUT2D eigenvalue weighted by molar-refractivity contribution is 7.99. The number of nitrogens with zero attached hydrogens (tertiary/aromatic N) is 6. The fourth-order valence-electron chi connectivity index (χ4n) is 3.35. The van der Waals surface area contributed by atoms with E-state index in [9.17, 15) is 0 Å². The van der Waals surface area contributed by atoms with Crippen molar-refractivity contribution >= 4 is 17.7 Å². The normalized spacial score (nSPS) is 15.5. The van der Waals surface area contributed by atoms with Gasteiger partial charge >= 0.3 is 0 Å². The van der Waals surface area contributed by atoms with Gasteiger partial charge < -0.3 is 18.8 Å². The Morgan fingerprint density at radius 1 is 1.03 bits per heavy atom. The van der Waals surface area contributed by atoms with Gasteiger partial charge in [0.25, 0.3) is 0 Å². The fourth-order valence-corrected chi connectivity index (χ4v) is 4.23. The van der Waals surface area contributed by atoms with Crippen LogP contribution < -0.4 is 9.64 Å². The third-order valence-corrected chi connectivity index (χ3v) is 6.01. The van der Waals surface area contributed by atoms with Gasteiger partial charge in [-0.25, -0.2) is 0 Å². The van der Waals surface area contributed by atoms with Crippen molar-refractivity contribution in [1.82, 2.24) is 25.0 Å². The first-order valence-corrected chi connectivity index (χ1v) is 11.3. The summed E-state index contributed by atoms with van der Waals surface area (Å²) in [7, 11) is 1.64. The van der Waals surface area contributed by atoms with Crippen molar-refractivity contribution in [2.24, 2.45) is 5.92 Å². The molecule has 31 heavy (non-hydrogen) atoms. The minimum atomic E-state index is -0.0628. The van der Waals surface area contributed by atoms with E-state index in [4.69, 9.17) is 13.9 Å². The summed E-state index contributed by atoms with van der Waals surface area (Å²) in [5.74, 6) is 3.20. The van der Waals surface area contributed by atoms with Crippen LogP contribution in [0.5, 0.6) is 5.75 Å². The van der Waals surface area contributed by atoms with E-state index < -0.39 is 0 Å². The molecule has 0 saturated carbocycles. The summed E-state index contributed by atoms with van der Waals surface area (Å²) in [6, 6.07) is 7.56. The lowest BCUT2D eigenvalue weighted by Crippen LogP contribution is -2.38. The minimum Gasteiger partial charge on any atom is -0.497 e. The molecular formula is C21H28N6O3S. The summed E-state index contributed by atoms with van der Waals surface area (Å²) in [6.07, 6.45) is 0. The zero-order valence-electron chi connectivity index (χ0n) is 18.3. The van der Waals surface area contributed by atoms with Gasteiger partial charge in [0.1, 0.15) is 5.75 Å². The Bertz CT molecular complexity index is 981. The van der Waals surface area contributed by atoms with Gasteiger partial charge in [-0.1, -0.05) is 25.6 Å². The van der Waals surface area contributed by atoms with Crippen LogP contribution in [0.25, 0.3) is 11.5 Å². The average molecular weight is 445 g/mol. The Labute approximate surface area is 186 Å². The first kappa shape index (κ1) is 21.6. The monoisotopic (exact) mass is 444 g/mol. The lowest BCUT2D eigenvalue weighted by molar-refractivity contribution is 0.121. The maximum absolute atomic E-state index is 5.95. The van der Waals surface area contributed by atoms with Crippen LogP contribution in [0, 0.1) is 5.92 Å². The number of anilines is 1. The second kappa shape index (κ2) is 9.69. The predicted molar refractivity (Wildman–Crippen MR) is 118 cm³/mol. The molecule has 2 aromatic heterocycles. The SMILES string of the molecule is COc1ccc(-c2nnc([C@H](C)Sc3nnc(N4CCOCC4)n3CC(C)C)o2)cc1. The van der Waals surface area contributed by atoms with Gasteiger partial charge in [-0.2, -0.15) is 0 Å². The smallest absolute Gasteiger partial charge is 0.247 e. The van der Waals surface area contributed by atoms with Crippen LogP contribution in [0.15, 0.2) is 33.8 Å². The number of methoxy groups -OCH3 is 1. The summed E-state index contributed by atoms with van der Waals surface area (Å²) >= 11 is 1.58. The van der Waals surface area contributed by atoms with Crippen molar-refractivity contribution in [1.29, 1.82) is 0 Å². The minimum absolute atomic E-state index is 0.0628. The number of aromatic nitrogens is 5. The van der Waals surface area contributed by atoms with Crippen LogP contribution in [-0.4, -0.2) is 58.4 Å². The first-order chi connectivity index (χ1) is 15.0. The molecule has 1 aliphatic rings. The van der Waals surface area contributed by atoms with Crippen LogP contribution >= 0.6 is 11.8 Å². The van der Waals surface area contributed by atoms with Gasteiger partial charge in [-0.3, -0.25) is 4.57 Å². The van der Waals surface area contributed by atoms with Crippen molar-refractivity contribution < 1.29 is 13.9 Å². The first-order valence-electron chi connectivity index (χ1n) is 10.5. The molecule has 9 nitrogen and oxygen atoms in total. The van der Waals surface area contributed by atoms with Crippen LogP contribution in [0.2, 0.25) is 0 Å². The maximum Gasteiger partial charge on any atom is 0.247 e. The number of hydrogen-bond donors (Lipinski definition) is 0. The summed E-state index contributed by atoms with van der Waals surface area (Å²) in [6.45, 7) is 10.3.